The molecular formula is C23H32N4O. The summed E-state index contributed by atoms with van der Waals surface area (Å²) in [6, 6.07) is 10.4. The molecule has 0 saturated heterocycles. The van der Waals surface area contributed by atoms with Crippen molar-refractivity contribution in [1.29, 1.82) is 0 Å². The Kier molecular flexibility index (Phi) is 6.90. The number of amides is 1. The van der Waals surface area contributed by atoms with Crippen LogP contribution in [-0.4, -0.2) is 30.0 Å². The van der Waals surface area contributed by atoms with E-state index in [9.17, 15) is 4.79 Å². The van der Waals surface area contributed by atoms with Gasteiger partial charge in [-0.15, -0.1) is 0 Å². The lowest BCUT2D eigenvalue weighted by molar-refractivity contribution is 0.102. The summed E-state index contributed by atoms with van der Waals surface area (Å²) in [6.07, 6.45) is 8.11. The van der Waals surface area contributed by atoms with Crippen LogP contribution in [0.1, 0.15) is 62.0 Å². The number of aryl methyl sites for hydroxylation is 1. The van der Waals surface area contributed by atoms with Gasteiger partial charge in [0.15, 0.2) is 0 Å². The molecule has 1 heterocycles. The van der Waals surface area contributed by atoms with Gasteiger partial charge < -0.3 is 15.5 Å². The molecule has 0 bridgehead atoms. The topological polar surface area (TPSA) is 57.3 Å². The molecule has 0 atom stereocenters. The minimum Gasteiger partial charge on any atom is -0.381 e. The zero-order valence-corrected chi connectivity index (χ0v) is 17.3. The lowest BCUT2D eigenvalue weighted by Crippen LogP contribution is -2.22. The van der Waals surface area contributed by atoms with Gasteiger partial charge in [0.1, 0.15) is 5.69 Å². The first-order valence-electron chi connectivity index (χ1n) is 10.5. The van der Waals surface area contributed by atoms with Gasteiger partial charge in [-0.1, -0.05) is 19.3 Å². The van der Waals surface area contributed by atoms with E-state index >= 15 is 0 Å². The Morgan fingerprint density at radius 2 is 1.86 bits per heavy atom. The van der Waals surface area contributed by atoms with Crippen molar-refractivity contribution in [1.82, 2.24) is 4.98 Å². The number of nitrogens with one attached hydrogen (secondary N) is 2. The van der Waals surface area contributed by atoms with Gasteiger partial charge in [-0.2, -0.15) is 0 Å². The summed E-state index contributed by atoms with van der Waals surface area (Å²) in [6.45, 7) is 8.24. The summed E-state index contributed by atoms with van der Waals surface area (Å²) in [5.41, 5.74) is 4.47. The molecule has 1 fully saturated rings. The molecule has 1 aromatic heterocycles. The molecule has 0 aliphatic heterocycles. The summed E-state index contributed by atoms with van der Waals surface area (Å²) < 4.78 is 0. The molecule has 150 valence electrons. The Balaban J connectivity index is 1.62. The zero-order valence-electron chi connectivity index (χ0n) is 17.3. The first-order valence-corrected chi connectivity index (χ1v) is 10.5. The number of benzene rings is 1. The van der Waals surface area contributed by atoms with E-state index in [1.807, 2.05) is 19.1 Å². The lowest BCUT2D eigenvalue weighted by Gasteiger charge is -2.23. The molecule has 1 aliphatic carbocycles. The monoisotopic (exact) mass is 380 g/mol. The lowest BCUT2D eigenvalue weighted by atomic mass is 9.95. The molecule has 1 saturated carbocycles. The number of aromatic nitrogens is 1. The highest BCUT2D eigenvalue weighted by molar-refractivity contribution is 6.03. The van der Waals surface area contributed by atoms with Crippen LogP contribution in [0.25, 0.3) is 0 Å². The van der Waals surface area contributed by atoms with Crippen LogP contribution in [0.4, 0.5) is 17.1 Å². The van der Waals surface area contributed by atoms with Crippen molar-refractivity contribution < 1.29 is 4.79 Å². The number of rotatable bonds is 7. The maximum absolute atomic E-state index is 12.6. The third-order valence-corrected chi connectivity index (χ3v) is 5.56. The Morgan fingerprint density at radius 1 is 1.11 bits per heavy atom. The van der Waals surface area contributed by atoms with Gasteiger partial charge in [0.25, 0.3) is 5.91 Å². The fourth-order valence-electron chi connectivity index (χ4n) is 3.86. The third kappa shape index (κ3) is 5.03. The second kappa shape index (κ2) is 9.58. The van der Waals surface area contributed by atoms with E-state index in [2.05, 4.69) is 46.5 Å². The normalized spacial score (nSPS) is 14.5. The van der Waals surface area contributed by atoms with E-state index in [1.165, 1.54) is 37.8 Å². The molecule has 1 aromatic carbocycles. The Hall–Kier alpha value is -2.56. The van der Waals surface area contributed by atoms with Crippen molar-refractivity contribution in [2.75, 3.05) is 28.6 Å². The molecule has 5 nitrogen and oxygen atoms in total. The molecule has 0 spiro atoms. The highest BCUT2D eigenvalue weighted by atomic mass is 16.1. The fraction of sp³-hybridized carbons (Fsp3) is 0.478. The van der Waals surface area contributed by atoms with Gasteiger partial charge in [-0.25, -0.2) is 4.98 Å². The smallest absolute Gasteiger partial charge is 0.274 e. The molecule has 1 amide bonds. The van der Waals surface area contributed by atoms with Crippen LogP contribution >= 0.6 is 0 Å². The van der Waals surface area contributed by atoms with Crippen LogP contribution in [0.5, 0.6) is 0 Å². The SMILES string of the molecule is CCN(CC)c1ccc(NC(=O)c2ccc(NC3CCCCC3)cn2)c(C)c1. The number of hydrogen-bond acceptors (Lipinski definition) is 4. The van der Waals surface area contributed by atoms with Crippen LogP contribution in [0.2, 0.25) is 0 Å². The van der Waals surface area contributed by atoms with Gasteiger partial charge >= 0.3 is 0 Å². The number of carbonyl (C=O) groups is 1. The molecule has 3 rings (SSSR count). The van der Waals surface area contributed by atoms with Gasteiger partial charge in [-0.05, 0) is 69.5 Å². The highest BCUT2D eigenvalue weighted by Crippen LogP contribution is 2.24. The van der Waals surface area contributed by atoms with Crippen molar-refractivity contribution in [2.24, 2.45) is 0 Å². The minimum absolute atomic E-state index is 0.178. The first kappa shape index (κ1) is 20.2. The van der Waals surface area contributed by atoms with Crippen molar-refractivity contribution in [2.45, 2.75) is 58.9 Å². The number of hydrogen-bond donors (Lipinski definition) is 2. The molecule has 2 aromatic rings. The summed E-state index contributed by atoms with van der Waals surface area (Å²) in [7, 11) is 0. The molecule has 5 heteroatoms. The molecule has 2 N–H and O–H groups in total. The predicted octanol–water partition coefficient (Wildman–Crippen LogP) is 5.23. The maximum atomic E-state index is 12.6. The van der Waals surface area contributed by atoms with E-state index < -0.39 is 0 Å². The van der Waals surface area contributed by atoms with Gasteiger partial charge in [0.05, 0.1) is 11.9 Å². The number of anilines is 3. The zero-order chi connectivity index (χ0) is 19.9. The second-order valence-corrected chi connectivity index (χ2v) is 7.54. The molecule has 28 heavy (non-hydrogen) atoms. The van der Waals surface area contributed by atoms with E-state index in [0.717, 1.165) is 30.0 Å². The minimum atomic E-state index is -0.178. The van der Waals surface area contributed by atoms with E-state index in [-0.39, 0.29) is 5.91 Å². The molecule has 0 unspecified atom stereocenters. The van der Waals surface area contributed by atoms with Crippen molar-refractivity contribution in [3.8, 4) is 0 Å². The standard InChI is InChI=1S/C23H32N4O/c1-4-27(5-2)20-12-14-21(17(3)15-20)26-23(28)22-13-11-19(16-24-22)25-18-9-7-6-8-10-18/h11-16,18,25H,4-10H2,1-3H3,(H,26,28). The first-order chi connectivity index (χ1) is 13.6. The largest absolute Gasteiger partial charge is 0.381 e. The quantitative estimate of drug-likeness (QED) is 0.690. The predicted molar refractivity (Wildman–Crippen MR) is 117 cm³/mol. The Morgan fingerprint density at radius 3 is 2.46 bits per heavy atom. The average Bonchev–Trinajstić information content (AvgIpc) is 2.72. The van der Waals surface area contributed by atoms with Gasteiger partial charge in [-0.3, -0.25) is 4.79 Å². The highest BCUT2D eigenvalue weighted by Gasteiger charge is 2.14. The van der Waals surface area contributed by atoms with Crippen LogP contribution < -0.4 is 15.5 Å². The Labute approximate surface area is 168 Å². The summed E-state index contributed by atoms with van der Waals surface area (Å²) in [5, 5.41) is 6.52. The molecule has 1 aliphatic rings. The van der Waals surface area contributed by atoms with Crippen LogP contribution in [0.15, 0.2) is 36.5 Å². The van der Waals surface area contributed by atoms with Crippen LogP contribution in [0, 0.1) is 6.92 Å². The summed E-state index contributed by atoms with van der Waals surface area (Å²) in [5.74, 6) is -0.178. The number of carbonyl (C=O) groups excluding carboxylic acids is 1. The summed E-state index contributed by atoms with van der Waals surface area (Å²) in [4.78, 5) is 19.2. The summed E-state index contributed by atoms with van der Waals surface area (Å²) >= 11 is 0. The van der Waals surface area contributed by atoms with E-state index in [4.69, 9.17) is 0 Å². The van der Waals surface area contributed by atoms with E-state index in [1.54, 1.807) is 12.3 Å². The Bertz CT molecular complexity index is 778. The second-order valence-electron chi connectivity index (χ2n) is 7.54. The van der Waals surface area contributed by atoms with Gasteiger partial charge in [0.2, 0.25) is 0 Å². The third-order valence-electron chi connectivity index (χ3n) is 5.56. The number of pyridine rings is 1. The van der Waals surface area contributed by atoms with Crippen molar-refractivity contribution in [3.05, 3.63) is 47.8 Å². The maximum Gasteiger partial charge on any atom is 0.274 e. The molecular weight excluding hydrogens is 348 g/mol. The van der Waals surface area contributed by atoms with Crippen molar-refractivity contribution in [3.63, 3.8) is 0 Å². The van der Waals surface area contributed by atoms with E-state index in [0.29, 0.717) is 11.7 Å². The fourth-order valence-corrected chi connectivity index (χ4v) is 3.86. The van der Waals surface area contributed by atoms with Crippen LogP contribution in [-0.2, 0) is 0 Å². The van der Waals surface area contributed by atoms with Crippen LogP contribution in [0.3, 0.4) is 0 Å². The average molecular weight is 381 g/mol. The van der Waals surface area contributed by atoms with Crippen molar-refractivity contribution >= 4 is 23.0 Å². The van der Waals surface area contributed by atoms with Gasteiger partial charge in [0, 0.05) is 30.5 Å². The molecule has 0 radical (unpaired) electrons. The number of nitrogens with zero attached hydrogens (tertiary/aromatic N) is 2.